The number of para-hydroxylation sites is 1. The van der Waals surface area contributed by atoms with Gasteiger partial charge in [0.15, 0.2) is 0 Å². The van der Waals surface area contributed by atoms with E-state index in [0.29, 0.717) is 12.2 Å². The number of H-pyrrole nitrogens is 1. The number of aliphatic hydroxyl groups is 1. The van der Waals surface area contributed by atoms with E-state index in [0.717, 1.165) is 59.9 Å². The van der Waals surface area contributed by atoms with E-state index in [4.69, 9.17) is 4.74 Å². The van der Waals surface area contributed by atoms with Crippen LogP contribution in [0.4, 0.5) is 0 Å². The van der Waals surface area contributed by atoms with Gasteiger partial charge in [-0.3, -0.25) is 9.59 Å². The average Bonchev–Trinajstić information content (AvgIpc) is 3.60. The minimum absolute atomic E-state index is 0.00355. The largest absolute Gasteiger partial charge is 0.507 e. The lowest BCUT2D eigenvalue weighted by Crippen LogP contribution is -2.37. The number of likely N-dealkylation sites (tertiary alicyclic amines) is 1. The Labute approximate surface area is 185 Å². The van der Waals surface area contributed by atoms with Crippen LogP contribution in [0.5, 0.6) is 5.75 Å². The summed E-state index contributed by atoms with van der Waals surface area (Å²) in [5, 5.41) is 12.3. The predicted octanol–water partition coefficient (Wildman–Crippen LogP) is 4.47. The Morgan fingerprint density at radius 3 is 2.75 bits per heavy atom. The maximum atomic E-state index is 13.3. The van der Waals surface area contributed by atoms with Crippen molar-refractivity contribution in [3.63, 3.8) is 0 Å². The highest BCUT2D eigenvalue weighted by molar-refractivity contribution is 6.46. The van der Waals surface area contributed by atoms with E-state index < -0.39 is 17.7 Å². The predicted molar refractivity (Wildman–Crippen MR) is 120 cm³/mol. The van der Waals surface area contributed by atoms with E-state index in [1.165, 1.54) is 0 Å². The number of nitrogens with zero attached hydrogens (tertiary/aromatic N) is 1. The molecule has 6 nitrogen and oxygen atoms in total. The molecule has 1 aromatic heterocycles. The standard InChI is InChI=1S/C26H24N2O4/c29-24(16-9-10-21-15(13-16)11-12-32-21)22-23(19-14-27-20-8-4-3-7-18(19)20)28(26(31)25(22)30)17-5-1-2-6-17/h3-4,7-10,13-14,17,23,27,29H,1-2,5-6,11-12H2/b24-22+. The van der Waals surface area contributed by atoms with Gasteiger partial charge in [-0.2, -0.15) is 0 Å². The van der Waals surface area contributed by atoms with Crippen molar-refractivity contribution in [2.45, 2.75) is 44.2 Å². The van der Waals surface area contributed by atoms with Crippen LogP contribution in [0.1, 0.15) is 48.4 Å². The zero-order valence-electron chi connectivity index (χ0n) is 17.6. The number of aromatic nitrogens is 1. The Balaban J connectivity index is 1.55. The molecule has 1 saturated heterocycles. The van der Waals surface area contributed by atoms with Gasteiger partial charge >= 0.3 is 0 Å². The van der Waals surface area contributed by atoms with E-state index in [9.17, 15) is 14.7 Å². The molecule has 1 unspecified atom stereocenters. The van der Waals surface area contributed by atoms with Gasteiger partial charge in [-0.15, -0.1) is 0 Å². The van der Waals surface area contributed by atoms with E-state index in [2.05, 4.69) is 4.98 Å². The number of hydrogen-bond donors (Lipinski definition) is 2. The number of aromatic amines is 1. The molecule has 2 aliphatic heterocycles. The third-order valence-corrected chi connectivity index (χ3v) is 7.08. The molecule has 6 heteroatoms. The minimum Gasteiger partial charge on any atom is -0.507 e. The smallest absolute Gasteiger partial charge is 0.295 e. The first kappa shape index (κ1) is 19.2. The van der Waals surface area contributed by atoms with Crippen molar-refractivity contribution in [1.29, 1.82) is 0 Å². The fourth-order valence-electron chi connectivity index (χ4n) is 5.52. The molecule has 1 amide bonds. The van der Waals surface area contributed by atoms with Crippen LogP contribution >= 0.6 is 0 Å². The molecule has 1 atom stereocenters. The molecule has 1 aliphatic carbocycles. The summed E-state index contributed by atoms with van der Waals surface area (Å²) in [5.74, 6) is -0.436. The number of carbonyl (C=O) groups excluding carboxylic acids is 2. The second-order valence-electron chi connectivity index (χ2n) is 8.86. The van der Waals surface area contributed by atoms with Crippen LogP contribution in [0.25, 0.3) is 16.7 Å². The molecule has 2 aromatic carbocycles. The van der Waals surface area contributed by atoms with Crippen LogP contribution in [0, 0.1) is 0 Å². The van der Waals surface area contributed by atoms with Crippen LogP contribution < -0.4 is 4.74 Å². The number of benzene rings is 2. The summed E-state index contributed by atoms with van der Waals surface area (Å²) >= 11 is 0. The van der Waals surface area contributed by atoms with Gasteiger partial charge in [0, 0.05) is 40.7 Å². The molecule has 32 heavy (non-hydrogen) atoms. The lowest BCUT2D eigenvalue weighted by atomic mass is 9.93. The van der Waals surface area contributed by atoms with E-state index in [-0.39, 0.29) is 17.4 Å². The van der Waals surface area contributed by atoms with Crippen LogP contribution in [-0.4, -0.2) is 39.3 Å². The number of carbonyl (C=O) groups is 2. The highest BCUT2D eigenvalue weighted by Crippen LogP contribution is 2.45. The zero-order chi connectivity index (χ0) is 21.8. The number of hydrogen-bond acceptors (Lipinski definition) is 4. The fraction of sp³-hybridized carbons (Fsp3) is 0.308. The first-order chi connectivity index (χ1) is 15.6. The number of ketones is 1. The summed E-state index contributed by atoms with van der Waals surface area (Å²) < 4.78 is 5.58. The summed E-state index contributed by atoms with van der Waals surface area (Å²) in [5.41, 5.74) is 3.50. The number of ether oxygens (including phenoxy) is 1. The third-order valence-electron chi connectivity index (χ3n) is 7.08. The van der Waals surface area contributed by atoms with Crippen LogP contribution in [0.2, 0.25) is 0 Å². The molecule has 0 spiro atoms. The van der Waals surface area contributed by atoms with Crippen molar-refractivity contribution >= 4 is 28.4 Å². The SMILES string of the molecule is O=C1C(=O)N(C2CCCC2)C(c2c[nH]c3ccccc23)/C1=C(\O)c1ccc2c(c1)CCO2. The minimum atomic E-state index is -0.612. The molecule has 2 N–H and O–H groups in total. The molecule has 3 aliphatic rings. The van der Waals surface area contributed by atoms with Crippen molar-refractivity contribution in [3.05, 3.63) is 70.9 Å². The first-order valence-electron chi connectivity index (χ1n) is 11.3. The fourth-order valence-corrected chi connectivity index (χ4v) is 5.52. The van der Waals surface area contributed by atoms with E-state index >= 15 is 0 Å². The van der Waals surface area contributed by atoms with Gasteiger partial charge in [-0.25, -0.2) is 0 Å². The van der Waals surface area contributed by atoms with Gasteiger partial charge in [0.2, 0.25) is 0 Å². The molecule has 0 radical (unpaired) electrons. The number of amides is 1. The topological polar surface area (TPSA) is 82.6 Å². The number of aliphatic hydroxyl groups excluding tert-OH is 1. The second-order valence-corrected chi connectivity index (χ2v) is 8.86. The van der Waals surface area contributed by atoms with Crippen LogP contribution in [-0.2, 0) is 16.0 Å². The van der Waals surface area contributed by atoms with Gasteiger partial charge < -0.3 is 19.7 Å². The Hall–Kier alpha value is -3.54. The molecule has 3 heterocycles. The number of nitrogens with one attached hydrogen (secondary N) is 1. The van der Waals surface area contributed by atoms with E-state index in [1.807, 2.05) is 42.6 Å². The Morgan fingerprint density at radius 1 is 1.09 bits per heavy atom. The number of rotatable bonds is 3. The summed E-state index contributed by atoms with van der Waals surface area (Å²) in [7, 11) is 0. The Bertz CT molecular complexity index is 1280. The van der Waals surface area contributed by atoms with Gasteiger partial charge in [-0.1, -0.05) is 31.0 Å². The van der Waals surface area contributed by atoms with Gasteiger partial charge in [0.1, 0.15) is 11.5 Å². The quantitative estimate of drug-likeness (QED) is 0.366. The number of Topliss-reactive ketones (excluding diaryl/α,β-unsaturated/α-hetero) is 1. The Kier molecular flexibility index (Phi) is 4.35. The maximum absolute atomic E-state index is 13.3. The van der Waals surface area contributed by atoms with Crippen molar-refractivity contribution in [2.75, 3.05) is 6.61 Å². The average molecular weight is 428 g/mol. The second kappa shape index (κ2) is 7.26. The summed E-state index contributed by atoms with van der Waals surface area (Å²) in [6, 6.07) is 12.7. The van der Waals surface area contributed by atoms with Gasteiger partial charge in [0.25, 0.3) is 11.7 Å². The summed E-state index contributed by atoms with van der Waals surface area (Å²) in [6.07, 6.45) is 6.47. The molecule has 2 fully saturated rings. The van der Waals surface area contributed by atoms with Crippen molar-refractivity contribution in [1.82, 2.24) is 9.88 Å². The molecule has 1 saturated carbocycles. The molecule has 0 bridgehead atoms. The maximum Gasteiger partial charge on any atom is 0.295 e. The van der Waals surface area contributed by atoms with Crippen LogP contribution in [0.15, 0.2) is 54.2 Å². The number of fused-ring (bicyclic) bond motifs is 2. The lowest BCUT2D eigenvalue weighted by molar-refractivity contribution is -0.141. The highest BCUT2D eigenvalue weighted by atomic mass is 16.5. The van der Waals surface area contributed by atoms with Crippen molar-refractivity contribution in [3.8, 4) is 5.75 Å². The zero-order valence-corrected chi connectivity index (χ0v) is 17.6. The van der Waals surface area contributed by atoms with Crippen molar-refractivity contribution < 1.29 is 19.4 Å². The molecular weight excluding hydrogens is 404 g/mol. The van der Waals surface area contributed by atoms with Gasteiger partial charge in [-0.05, 0) is 42.7 Å². The Morgan fingerprint density at radius 2 is 1.91 bits per heavy atom. The monoisotopic (exact) mass is 428 g/mol. The first-order valence-corrected chi connectivity index (χ1v) is 11.3. The van der Waals surface area contributed by atoms with Crippen LogP contribution in [0.3, 0.4) is 0 Å². The molecule has 162 valence electrons. The molecular formula is C26H24N2O4. The van der Waals surface area contributed by atoms with Gasteiger partial charge in [0.05, 0.1) is 18.2 Å². The van der Waals surface area contributed by atoms with Crippen molar-refractivity contribution in [2.24, 2.45) is 0 Å². The summed E-state index contributed by atoms with van der Waals surface area (Å²) in [6.45, 7) is 0.612. The summed E-state index contributed by atoms with van der Waals surface area (Å²) in [4.78, 5) is 31.6. The lowest BCUT2D eigenvalue weighted by Gasteiger charge is -2.30. The highest BCUT2D eigenvalue weighted by Gasteiger charge is 2.49. The third kappa shape index (κ3) is 2.79. The van der Waals surface area contributed by atoms with E-state index in [1.54, 1.807) is 11.0 Å². The molecule has 3 aromatic rings. The normalized spacial score (nSPS) is 22.6. The molecule has 6 rings (SSSR count).